The fraction of sp³-hybridized carbons (Fsp3) is 0.0556. The normalized spacial score (nSPS) is 12.4. The molecule has 0 aliphatic rings. The van der Waals surface area contributed by atoms with Crippen molar-refractivity contribution in [3.63, 3.8) is 0 Å². The fourth-order valence-corrected chi connectivity index (χ4v) is 2.81. The van der Waals surface area contributed by atoms with Crippen molar-refractivity contribution in [3.05, 3.63) is 77.3 Å². The van der Waals surface area contributed by atoms with E-state index in [1.54, 1.807) is 6.33 Å². The lowest BCUT2D eigenvalue weighted by molar-refractivity contribution is 0.872. The minimum Gasteiger partial charge on any atom is -0.329 e. The van der Waals surface area contributed by atoms with E-state index in [0.717, 1.165) is 33.5 Å². The van der Waals surface area contributed by atoms with Gasteiger partial charge in [0.1, 0.15) is 17.5 Å². The molecule has 0 spiro atoms. The topological polar surface area (TPSA) is 80.5 Å². The first kappa shape index (κ1) is 14.8. The first-order valence-corrected chi connectivity index (χ1v) is 7.85. The van der Waals surface area contributed by atoms with Crippen molar-refractivity contribution >= 4 is 22.8 Å². The zero-order chi connectivity index (χ0) is 16.5. The summed E-state index contributed by atoms with van der Waals surface area (Å²) >= 11 is 5.93. The molecule has 0 bridgehead atoms. The lowest BCUT2D eigenvalue weighted by Gasteiger charge is -2.13. The Hall–Kier alpha value is -2.76. The molecule has 2 heterocycles. The van der Waals surface area contributed by atoms with E-state index in [0.29, 0.717) is 5.02 Å². The van der Waals surface area contributed by atoms with Gasteiger partial charge in [-0.25, -0.2) is 15.0 Å². The van der Waals surface area contributed by atoms with Crippen LogP contribution in [0.4, 0.5) is 0 Å². The van der Waals surface area contributed by atoms with E-state index in [1.807, 2.05) is 48.5 Å². The van der Waals surface area contributed by atoms with Crippen molar-refractivity contribution in [3.8, 4) is 11.3 Å². The number of hydrogen-bond donors (Lipinski definition) is 2. The monoisotopic (exact) mass is 335 g/mol. The van der Waals surface area contributed by atoms with Crippen LogP contribution < -0.4 is 5.73 Å². The molecule has 2 aromatic carbocycles. The van der Waals surface area contributed by atoms with Gasteiger partial charge in [0, 0.05) is 10.6 Å². The molecule has 1 unspecified atom stereocenters. The van der Waals surface area contributed by atoms with Gasteiger partial charge < -0.3 is 10.7 Å². The number of imidazole rings is 1. The van der Waals surface area contributed by atoms with Crippen LogP contribution in [-0.2, 0) is 0 Å². The molecule has 3 N–H and O–H groups in total. The molecular weight excluding hydrogens is 322 g/mol. The minimum atomic E-state index is -0.202. The van der Waals surface area contributed by atoms with Gasteiger partial charge in [-0.2, -0.15) is 0 Å². The molecule has 0 saturated carbocycles. The first-order valence-electron chi connectivity index (χ1n) is 7.48. The largest absolute Gasteiger partial charge is 0.329 e. The van der Waals surface area contributed by atoms with E-state index < -0.39 is 0 Å². The van der Waals surface area contributed by atoms with E-state index in [-0.39, 0.29) is 6.04 Å². The highest BCUT2D eigenvalue weighted by Crippen LogP contribution is 2.26. The van der Waals surface area contributed by atoms with Crippen LogP contribution in [0.25, 0.3) is 22.4 Å². The summed E-state index contributed by atoms with van der Waals surface area (Å²) in [5.74, 6) is 0. The number of nitrogens with zero attached hydrogens (tertiary/aromatic N) is 3. The Morgan fingerprint density at radius 3 is 2.25 bits per heavy atom. The molecule has 6 heteroatoms. The van der Waals surface area contributed by atoms with Gasteiger partial charge in [0.25, 0.3) is 0 Å². The molecular formula is C18H14ClN5. The van der Waals surface area contributed by atoms with Crippen LogP contribution >= 0.6 is 11.6 Å². The lowest BCUT2D eigenvalue weighted by atomic mass is 9.98. The van der Waals surface area contributed by atoms with E-state index in [2.05, 4.69) is 19.9 Å². The number of benzene rings is 2. The Balaban J connectivity index is 1.67. The summed E-state index contributed by atoms with van der Waals surface area (Å²) < 4.78 is 0. The van der Waals surface area contributed by atoms with Crippen molar-refractivity contribution in [1.82, 2.24) is 19.9 Å². The van der Waals surface area contributed by atoms with Crippen LogP contribution in [0.1, 0.15) is 17.2 Å². The zero-order valence-electron chi connectivity index (χ0n) is 12.6. The van der Waals surface area contributed by atoms with Gasteiger partial charge in [-0.1, -0.05) is 48.0 Å². The standard InChI is InChI=1S/C18H14ClN5/c19-14-7-5-12(6-8-14)15(20)11-1-3-13(4-2-11)16-17-18(23-9-21-16)24-10-22-17/h1-10,15H,20H2,(H,21,22,23,24). The summed E-state index contributed by atoms with van der Waals surface area (Å²) in [5.41, 5.74) is 11.6. The van der Waals surface area contributed by atoms with Crippen molar-refractivity contribution in [2.75, 3.05) is 0 Å². The van der Waals surface area contributed by atoms with E-state index in [1.165, 1.54) is 6.33 Å². The van der Waals surface area contributed by atoms with Crippen LogP contribution in [0.15, 0.2) is 61.2 Å². The molecule has 2 aromatic heterocycles. The highest BCUT2D eigenvalue weighted by atomic mass is 35.5. The summed E-state index contributed by atoms with van der Waals surface area (Å²) in [6.45, 7) is 0. The third-order valence-corrected chi connectivity index (χ3v) is 4.24. The van der Waals surface area contributed by atoms with Crippen molar-refractivity contribution in [2.45, 2.75) is 6.04 Å². The van der Waals surface area contributed by atoms with Gasteiger partial charge in [0.2, 0.25) is 0 Å². The maximum Gasteiger partial charge on any atom is 0.161 e. The number of hydrogen-bond acceptors (Lipinski definition) is 4. The first-order chi connectivity index (χ1) is 11.7. The zero-order valence-corrected chi connectivity index (χ0v) is 13.4. The Morgan fingerprint density at radius 2 is 1.54 bits per heavy atom. The fourth-order valence-electron chi connectivity index (χ4n) is 2.69. The third kappa shape index (κ3) is 2.64. The molecule has 0 saturated heterocycles. The average molecular weight is 336 g/mol. The second-order valence-corrected chi connectivity index (χ2v) is 5.91. The highest BCUT2D eigenvalue weighted by molar-refractivity contribution is 6.30. The molecule has 0 aliphatic heterocycles. The number of fused-ring (bicyclic) bond motifs is 1. The van der Waals surface area contributed by atoms with Gasteiger partial charge >= 0.3 is 0 Å². The van der Waals surface area contributed by atoms with Crippen LogP contribution in [0, 0.1) is 0 Å². The number of halogens is 1. The summed E-state index contributed by atoms with van der Waals surface area (Å²) in [5, 5.41) is 0.702. The van der Waals surface area contributed by atoms with Crippen LogP contribution in [0.2, 0.25) is 5.02 Å². The summed E-state index contributed by atoms with van der Waals surface area (Å²) in [6.07, 6.45) is 3.15. The molecule has 4 rings (SSSR count). The van der Waals surface area contributed by atoms with Crippen molar-refractivity contribution in [2.24, 2.45) is 5.73 Å². The van der Waals surface area contributed by atoms with E-state index in [4.69, 9.17) is 17.3 Å². The molecule has 0 aliphatic carbocycles. The smallest absolute Gasteiger partial charge is 0.161 e. The Morgan fingerprint density at radius 1 is 0.875 bits per heavy atom. The molecule has 0 fully saturated rings. The van der Waals surface area contributed by atoms with E-state index >= 15 is 0 Å². The van der Waals surface area contributed by atoms with Crippen molar-refractivity contribution in [1.29, 1.82) is 0 Å². The van der Waals surface area contributed by atoms with Gasteiger partial charge in [-0.15, -0.1) is 0 Å². The number of rotatable bonds is 3. The Kier molecular flexibility index (Phi) is 3.72. The maximum absolute atomic E-state index is 6.34. The minimum absolute atomic E-state index is 0.202. The van der Waals surface area contributed by atoms with Crippen LogP contribution in [-0.4, -0.2) is 19.9 Å². The lowest BCUT2D eigenvalue weighted by Crippen LogP contribution is -2.11. The van der Waals surface area contributed by atoms with E-state index in [9.17, 15) is 0 Å². The molecule has 5 nitrogen and oxygen atoms in total. The summed E-state index contributed by atoms with van der Waals surface area (Å²) in [7, 11) is 0. The van der Waals surface area contributed by atoms with Gasteiger partial charge in [0.05, 0.1) is 12.4 Å². The number of H-pyrrole nitrogens is 1. The maximum atomic E-state index is 6.34. The Bertz CT molecular complexity index is 976. The third-order valence-electron chi connectivity index (χ3n) is 3.99. The number of aromatic nitrogens is 4. The summed E-state index contributed by atoms with van der Waals surface area (Å²) in [4.78, 5) is 15.8. The highest BCUT2D eigenvalue weighted by Gasteiger charge is 2.11. The molecule has 0 radical (unpaired) electrons. The predicted octanol–water partition coefficient (Wildman–Crippen LogP) is 3.72. The van der Waals surface area contributed by atoms with Crippen molar-refractivity contribution < 1.29 is 0 Å². The quantitative estimate of drug-likeness (QED) is 0.598. The molecule has 118 valence electrons. The van der Waals surface area contributed by atoms with Gasteiger partial charge in [-0.3, -0.25) is 0 Å². The second kappa shape index (κ2) is 6.03. The molecule has 24 heavy (non-hydrogen) atoms. The molecule has 4 aromatic rings. The summed E-state index contributed by atoms with van der Waals surface area (Å²) in [6, 6.07) is 15.4. The second-order valence-electron chi connectivity index (χ2n) is 5.47. The molecule has 0 amide bonds. The predicted molar refractivity (Wildman–Crippen MR) is 94.6 cm³/mol. The molecule has 1 atom stereocenters. The average Bonchev–Trinajstić information content (AvgIpc) is 3.11. The number of nitrogens with two attached hydrogens (primary N) is 1. The van der Waals surface area contributed by atoms with Crippen LogP contribution in [0.5, 0.6) is 0 Å². The van der Waals surface area contributed by atoms with Gasteiger partial charge in [-0.05, 0) is 23.3 Å². The Labute approximate surface area is 143 Å². The SMILES string of the molecule is NC(c1ccc(Cl)cc1)c1ccc(-c2ncnc3[nH]cnc23)cc1. The van der Waals surface area contributed by atoms with Gasteiger partial charge in [0.15, 0.2) is 5.65 Å². The van der Waals surface area contributed by atoms with Crippen LogP contribution in [0.3, 0.4) is 0 Å². The number of nitrogens with one attached hydrogen (secondary N) is 1. The number of aromatic amines is 1.